The maximum absolute atomic E-state index is 6.30. The van der Waals surface area contributed by atoms with E-state index in [1.54, 1.807) is 0 Å². The van der Waals surface area contributed by atoms with Gasteiger partial charge in [-0.05, 0) is 89.8 Å². The summed E-state index contributed by atoms with van der Waals surface area (Å²) >= 11 is 3.77. The molecule has 0 bridgehead atoms. The van der Waals surface area contributed by atoms with Gasteiger partial charge in [-0.2, -0.15) is 0 Å². The molecule has 12 rings (SSSR count). The highest BCUT2D eigenvalue weighted by Crippen LogP contribution is 2.49. The summed E-state index contributed by atoms with van der Waals surface area (Å²) in [4.78, 5) is 0. The SMILES string of the molecule is c1ccc(-c2csc3c2ccc2sc4cc(-c5c6ccccc6c(-c6cccc7c6ccc6oc8ccccc8c67)c6ccccc56)ccc4c23)cc1. The van der Waals surface area contributed by atoms with E-state index in [0.717, 1.165) is 16.6 Å². The normalized spacial score (nSPS) is 12.2. The summed E-state index contributed by atoms with van der Waals surface area (Å²) in [6.07, 6.45) is 0. The van der Waals surface area contributed by atoms with E-state index in [0.29, 0.717) is 0 Å². The third-order valence-electron chi connectivity index (χ3n) is 11.1. The van der Waals surface area contributed by atoms with Crippen molar-refractivity contribution in [3.63, 3.8) is 0 Å². The summed E-state index contributed by atoms with van der Waals surface area (Å²) in [5.74, 6) is 0. The Morgan fingerprint density at radius 3 is 1.81 bits per heavy atom. The Morgan fingerprint density at radius 2 is 1.02 bits per heavy atom. The lowest BCUT2D eigenvalue weighted by Crippen LogP contribution is -1.91. The topological polar surface area (TPSA) is 13.1 Å². The van der Waals surface area contributed by atoms with Crippen LogP contribution in [0.25, 0.3) is 118 Å². The minimum absolute atomic E-state index is 0.924. The molecule has 1 nitrogen and oxygen atoms in total. The average molecular weight is 709 g/mol. The van der Waals surface area contributed by atoms with Gasteiger partial charge in [0.05, 0.1) is 0 Å². The molecule has 3 aromatic heterocycles. The molecule has 0 saturated carbocycles. The molecule has 0 spiro atoms. The molecule has 0 aliphatic rings. The second-order valence-electron chi connectivity index (χ2n) is 13.9. The highest BCUT2D eigenvalue weighted by atomic mass is 32.1. The van der Waals surface area contributed by atoms with Crippen LogP contribution < -0.4 is 0 Å². The molecule has 0 aliphatic heterocycles. The molecular formula is C50H28OS2. The summed E-state index contributed by atoms with van der Waals surface area (Å²) in [5, 5.41) is 16.2. The van der Waals surface area contributed by atoms with E-state index >= 15 is 0 Å². The zero-order chi connectivity index (χ0) is 34.6. The molecule has 3 heterocycles. The van der Waals surface area contributed by atoms with Crippen LogP contribution in [0.1, 0.15) is 0 Å². The highest BCUT2D eigenvalue weighted by molar-refractivity contribution is 7.27. The molecule has 0 fully saturated rings. The largest absolute Gasteiger partial charge is 0.456 e. The maximum Gasteiger partial charge on any atom is 0.136 e. The Kier molecular flexibility index (Phi) is 6.15. The summed E-state index contributed by atoms with van der Waals surface area (Å²) in [7, 11) is 0. The number of thiophene rings is 2. The zero-order valence-corrected chi connectivity index (χ0v) is 30.0. The monoisotopic (exact) mass is 708 g/mol. The van der Waals surface area contributed by atoms with Crippen molar-refractivity contribution < 1.29 is 4.42 Å². The molecule has 53 heavy (non-hydrogen) atoms. The molecule has 0 unspecified atom stereocenters. The summed E-state index contributed by atoms with van der Waals surface area (Å²) in [5.41, 5.74) is 9.49. The van der Waals surface area contributed by atoms with Crippen molar-refractivity contribution in [2.45, 2.75) is 0 Å². The van der Waals surface area contributed by atoms with Crippen LogP contribution in [0.3, 0.4) is 0 Å². The molecule has 3 heteroatoms. The molecular weight excluding hydrogens is 681 g/mol. The van der Waals surface area contributed by atoms with Gasteiger partial charge in [0.2, 0.25) is 0 Å². The Bertz CT molecular complexity index is 3390. The van der Waals surface area contributed by atoms with Gasteiger partial charge >= 0.3 is 0 Å². The first-order chi connectivity index (χ1) is 26.3. The predicted octanol–water partition coefficient (Wildman–Crippen LogP) is 15.6. The summed E-state index contributed by atoms with van der Waals surface area (Å²) in [6.45, 7) is 0. The standard InChI is InChI=1S/C50H28OS2/c1-2-11-29(12-3-1)41-28-52-50-38(41)24-26-44-49(50)40-22-21-30(27-45(40)53-44)46-34-13-4-6-15-36(34)47(37-16-7-5-14-35(37)46)32-18-10-19-33-31(32)23-25-43-48(33)39-17-8-9-20-42(39)51-43/h1-28H. The lowest BCUT2D eigenvalue weighted by atomic mass is 9.84. The van der Waals surface area contributed by atoms with Gasteiger partial charge in [0.25, 0.3) is 0 Å². The Hall–Kier alpha value is -6.26. The van der Waals surface area contributed by atoms with E-state index < -0.39 is 0 Å². The number of hydrogen-bond acceptors (Lipinski definition) is 3. The number of benzene rings is 9. The first-order valence-electron chi connectivity index (χ1n) is 18.0. The van der Waals surface area contributed by atoms with Crippen molar-refractivity contribution in [1.82, 2.24) is 0 Å². The second-order valence-corrected chi connectivity index (χ2v) is 15.9. The molecule has 0 atom stereocenters. The van der Waals surface area contributed by atoms with Crippen LogP contribution in [0.2, 0.25) is 0 Å². The van der Waals surface area contributed by atoms with Gasteiger partial charge in [0.15, 0.2) is 0 Å². The zero-order valence-electron chi connectivity index (χ0n) is 28.4. The van der Waals surface area contributed by atoms with E-state index in [4.69, 9.17) is 4.42 Å². The Morgan fingerprint density at radius 1 is 0.358 bits per heavy atom. The van der Waals surface area contributed by atoms with Crippen LogP contribution in [0.4, 0.5) is 0 Å². The van der Waals surface area contributed by atoms with Gasteiger partial charge in [-0.1, -0.05) is 140 Å². The fourth-order valence-electron chi connectivity index (χ4n) is 8.88. The molecule has 0 aliphatic carbocycles. The van der Waals surface area contributed by atoms with Crippen LogP contribution in [0, 0.1) is 0 Å². The lowest BCUT2D eigenvalue weighted by molar-refractivity contribution is 0.669. The molecule has 0 amide bonds. The number of furan rings is 1. The Balaban J connectivity index is 1.10. The highest BCUT2D eigenvalue weighted by Gasteiger charge is 2.21. The number of para-hydroxylation sites is 1. The molecule has 12 aromatic rings. The average Bonchev–Trinajstić information content (AvgIpc) is 3.93. The van der Waals surface area contributed by atoms with E-state index in [-0.39, 0.29) is 0 Å². The van der Waals surface area contributed by atoms with Crippen molar-refractivity contribution >= 4 is 107 Å². The van der Waals surface area contributed by atoms with E-state index in [2.05, 4.69) is 163 Å². The lowest BCUT2D eigenvalue weighted by Gasteiger charge is -2.19. The van der Waals surface area contributed by atoms with Crippen LogP contribution >= 0.6 is 22.7 Å². The fourth-order valence-corrected chi connectivity index (χ4v) is 11.2. The third kappa shape index (κ3) is 4.18. The van der Waals surface area contributed by atoms with Crippen molar-refractivity contribution in [1.29, 1.82) is 0 Å². The fraction of sp³-hybridized carbons (Fsp3) is 0. The summed E-state index contributed by atoms with van der Waals surface area (Å²) in [6, 6.07) is 60.0. The maximum atomic E-state index is 6.30. The summed E-state index contributed by atoms with van der Waals surface area (Å²) < 4.78 is 10.3. The predicted molar refractivity (Wildman–Crippen MR) is 231 cm³/mol. The first-order valence-corrected chi connectivity index (χ1v) is 19.7. The van der Waals surface area contributed by atoms with E-state index in [9.17, 15) is 0 Å². The van der Waals surface area contributed by atoms with E-state index in [1.807, 2.05) is 28.7 Å². The van der Waals surface area contributed by atoms with Crippen molar-refractivity contribution in [2.75, 3.05) is 0 Å². The number of rotatable bonds is 3. The van der Waals surface area contributed by atoms with Crippen LogP contribution in [-0.4, -0.2) is 0 Å². The van der Waals surface area contributed by atoms with Crippen LogP contribution in [0.5, 0.6) is 0 Å². The Labute approximate surface area is 312 Å². The minimum atomic E-state index is 0.924. The van der Waals surface area contributed by atoms with Gasteiger partial charge in [-0.15, -0.1) is 22.7 Å². The van der Waals surface area contributed by atoms with Crippen LogP contribution in [0.15, 0.2) is 174 Å². The third-order valence-corrected chi connectivity index (χ3v) is 13.3. The molecule has 246 valence electrons. The minimum Gasteiger partial charge on any atom is -0.456 e. The van der Waals surface area contributed by atoms with Gasteiger partial charge in [-0.25, -0.2) is 0 Å². The van der Waals surface area contributed by atoms with Crippen molar-refractivity contribution in [2.24, 2.45) is 0 Å². The van der Waals surface area contributed by atoms with E-state index in [1.165, 1.54) is 101 Å². The van der Waals surface area contributed by atoms with Gasteiger partial charge in [0, 0.05) is 46.6 Å². The molecule has 0 saturated heterocycles. The number of fused-ring (bicyclic) bond motifs is 12. The first kappa shape index (κ1) is 29.3. The quantitative estimate of drug-likeness (QED) is 0.167. The molecule has 9 aromatic carbocycles. The van der Waals surface area contributed by atoms with Crippen molar-refractivity contribution in [3.8, 4) is 33.4 Å². The van der Waals surface area contributed by atoms with Gasteiger partial charge in [0.1, 0.15) is 11.2 Å². The second kappa shape index (κ2) is 11.1. The molecule has 0 N–H and O–H groups in total. The van der Waals surface area contributed by atoms with Gasteiger partial charge < -0.3 is 4.42 Å². The number of hydrogen-bond donors (Lipinski definition) is 0. The van der Waals surface area contributed by atoms with Crippen LogP contribution in [-0.2, 0) is 0 Å². The van der Waals surface area contributed by atoms with Gasteiger partial charge in [-0.3, -0.25) is 0 Å². The van der Waals surface area contributed by atoms with Crippen molar-refractivity contribution in [3.05, 3.63) is 169 Å². The molecule has 0 radical (unpaired) electrons. The smallest absolute Gasteiger partial charge is 0.136 e.